The first kappa shape index (κ1) is 6.26. The Morgan fingerprint density at radius 3 is 1.71 bits per heavy atom. The van der Waals surface area contributed by atoms with Gasteiger partial charge in [-0.15, -0.1) is 0 Å². The molecule has 0 bridgehead atoms. The van der Waals surface area contributed by atoms with Gasteiger partial charge in [0, 0.05) is 0 Å². The molecule has 11 aliphatic rings. The van der Waals surface area contributed by atoms with Gasteiger partial charge in [-0.1, -0.05) is 0 Å². The van der Waals surface area contributed by atoms with Crippen LogP contribution in [-0.2, 0) is 11.2 Å². The zero-order chi connectivity index (χ0) is 10.1. The second-order valence-electron chi connectivity index (χ2n) is 11.2. The first-order valence-electron chi connectivity index (χ1n) is 7.69. The Morgan fingerprint density at radius 1 is 0.824 bits per heavy atom. The molecule has 2 nitrogen and oxygen atoms in total. The van der Waals surface area contributed by atoms with Crippen molar-refractivity contribution in [3.63, 3.8) is 0 Å². The molecule has 0 aromatic rings. The van der Waals surface area contributed by atoms with Gasteiger partial charge in [-0.3, -0.25) is 0 Å². The second-order valence-corrected chi connectivity index (χ2v) is 34.8. The summed E-state index contributed by atoms with van der Waals surface area (Å²) in [6.07, 6.45) is 0. The minimum atomic E-state index is -2.79. The van der Waals surface area contributed by atoms with Gasteiger partial charge in [0.1, 0.15) is 0 Å². The fourth-order valence-corrected chi connectivity index (χ4v) is 92.0. The number of nitrogens with zero attached hydrogens (tertiary/aromatic N) is 1. The van der Waals surface area contributed by atoms with Gasteiger partial charge in [-0.25, -0.2) is 0 Å². The maximum atomic E-state index is 5.65. The fraction of sp³-hybridized carbons (Fsp3) is 1.00. The van der Waals surface area contributed by atoms with Gasteiger partial charge < -0.3 is 0 Å². The van der Waals surface area contributed by atoms with Gasteiger partial charge in [0.2, 0.25) is 0 Å². The predicted molar refractivity (Wildman–Crippen MR) is 58.9 cm³/mol. The monoisotopic (exact) mass is 271 g/mol. The molecular formula is C14H17FeNO. The van der Waals surface area contributed by atoms with Gasteiger partial charge in [-0.2, -0.15) is 0 Å². The molecular weight excluding hydrogens is 254 g/mol. The zero-order valence-electron chi connectivity index (χ0n) is 9.73. The number of morpholine rings is 1. The van der Waals surface area contributed by atoms with Crippen molar-refractivity contribution in [1.82, 2.24) is 4.90 Å². The molecule has 4 unspecified atom stereocenters. The molecule has 0 aromatic carbocycles. The average Bonchev–Trinajstić information content (AvgIpc) is 3.32. The number of ether oxygens (including phenoxy) is 1. The molecule has 17 heavy (non-hydrogen) atoms. The van der Waals surface area contributed by atoms with Crippen molar-refractivity contribution in [3.05, 3.63) is 0 Å². The Bertz CT molecular complexity index is 880. The summed E-state index contributed by atoms with van der Waals surface area (Å²) < 4.78 is 6.66. The van der Waals surface area contributed by atoms with Crippen LogP contribution in [0, 0.1) is 0 Å². The van der Waals surface area contributed by atoms with E-state index in [9.17, 15) is 0 Å². The Kier molecular flexibility index (Phi) is 0.193. The standard InChI is InChI=1S/C9H12NO.C5H5.Fe/c1-2-4-9(3-1)10-5-7-11-8-6-10;1-2-4-5-3-1;/h1-4H,5-8H2;1-5H;. The molecule has 11 saturated heterocycles. The van der Waals surface area contributed by atoms with E-state index in [2.05, 4.69) is 4.90 Å². The third-order valence-electron chi connectivity index (χ3n) is 16.1. The molecule has 92 valence electrons. The molecule has 0 aromatic heterocycles. The van der Waals surface area contributed by atoms with Gasteiger partial charge in [0.25, 0.3) is 0 Å². The summed E-state index contributed by atoms with van der Waals surface area (Å²) in [6.45, 7) is 1.97. The summed E-state index contributed by atoms with van der Waals surface area (Å²) in [7, 11) is 0. The van der Waals surface area contributed by atoms with Crippen LogP contribution >= 0.6 is 0 Å². The van der Waals surface area contributed by atoms with E-state index in [0.717, 1.165) is 17.7 Å². The molecule has 0 aliphatic carbocycles. The van der Waals surface area contributed by atoms with E-state index in [1.54, 1.807) is 0 Å². The van der Waals surface area contributed by atoms with E-state index in [4.69, 9.17) is 4.74 Å². The van der Waals surface area contributed by atoms with Crippen LogP contribution in [0.4, 0.5) is 0 Å². The van der Waals surface area contributed by atoms with Gasteiger partial charge in [0.05, 0.1) is 0 Å². The molecule has 1 spiro atoms. The molecule has 0 saturated carbocycles. The van der Waals surface area contributed by atoms with Gasteiger partial charge in [-0.05, 0) is 0 Å². The summed E-state index contributed by atoms with van der Waals surface area (Å²) in [5, 5.41) is 0. The quantitative estimate of drug-likeness (QED) is 0.680. The molecule has 0 radical (unpaired) electrons. The molecule has 11 fully saturated rings. The zero-order valence-corrected chi connectivity index (χ0v) is 10.8. The number of rotatable bonds is 1. The normalized spacial score (nSPS) is 126. The fourth-order valence-electron chi connectivity index (χ4n) is 17.8. The number of hydrogen-bond donors (Lipinski definition) is 0. The Hall–Kier alpha value is 0.439. The SMILES string of the molecule is C1CN([C]23[CH]4[CH]5[CH]6[CH]2[Fe]56432789[CH]3[CH]2[CH]7[CH]8[CH]39)CCO1. The van der Waals surface area contributed by atoms with E-state index in [1.165, 1.54) is 56.4 Å². The van der Waals surface area contributed by atoms with Crippen molar-refractivity contribution in [3.8, 4) is 0 Å². The summed E-state index contributed by atoms with van der Waals surface area (Å²) >= 11 is 0. The Morgan fingerprint density at radius 2 is 1.35 bits per heavy atom. The van der Waals surface area contributed by atoms with Crippen molar-refractivity contribution in [2.24, 2.45) is 0 Å². The van der Waals surface area contributed by atoms with Crippen LogP contribution in [0.25, 0.3) is 0 Å². The minimum absolute atomic E-state index is 1.02. The molecule has 3 heteroatoms. The maximum absolute atomic E-state index is 5.65. The van der Waals surface area contributed by atoms with E-state index >= 15 is 0 Å². The Balaban J connectivity index is 1.50. The average molecular weight is 271 g/mol. The van der Waals surface area contributed by atoms with Crippen LogP contribution < -0.4 is 0 Å². The van der Waals surface area contributed by atoms with E-state index in [-0.39, 0.29) is 0 Å². The summed E-state index contributed by atoms with van der Waals surface area (Å²) in [5.74, 6) is 0. The first-order valence-corrected chi connectivity index (χ1v) is 14.0. The van der Waals surface area contributed by atoms with Crippen LogP contribution in [0.5, 0.6) is 0 Å². The van der Waals surface area contributed by atoms with Crippen LogP contribution in [-0.4, -0.2) is 35.6 Å². The third kappa shape index (κ3) is 0.0663. The van der Waals surface area contributed by atoms with Crippen LogP contribution in [0.3, 0.4) is 0 Å². The van der Waals surface area contributed by atoms with Crippen LogP contribution in [0.15, 0.2) is 0 Å². The third-order valence-corrected chi connectivity index (χ3v) is 58.3. The molecule has 11 aliphatic heterocycles. The van der Waals surface area contributed by atoms with Crippen molar-refractivity contribution in [1.29, 1.82) is 0 Å². The van der Waals surface area contributed by atoms with Crippen molar-refractivity contribution >= 4 is 0 Å². The van der Waals surface area contributed by atoms with Gasteiger partial charge in [0.15, 0.2) is 0 Å². The molecule has 11 rings (SSSR count). The summed E-state index contributed by atoms with van der Waals surface area (Å²) in [5.41, 5.74) is 0. The second kappa shape index (κ2) is 0.524. The van der Waals surface area contributed by atoms with Crippen LogP contribution in [0.1, 0.15) is 0 Å². The summed E-state index contributed by atoms with van der Waals surface area (Å²) in [6, 6.07) is 0. The van der Waals surface area contributed by atoms with Crippen molar-refractivity contribution < 1.29 is 11.2 Å². The Labute approximate surface area is 90.3 Å². The van der Waals surface area contributed by atoms with Crippen LogP contribution in [0.2, 0.25) is 43.3 Å². The van der Waals surface area contributed by atoms with Crippen molar-refractivity contribution in [2.75, 3.05) is 26.3 Å². The first-order chi connectivity index (χ1) is 8.15. The molecule has 0 N–H and O–H groups in total. The molecule has 11 heterocycles. The van der Waals surface area contributed by atoms with E-state index < -0.39 is 6.51 Å². The summed E-state index contributed by atoms with van der Waals surface area (Å²) in [4.78, 5) is 16.4. The molecule has 0 amide bonds. The predicted octanol–water partition coefficient (Wildman–Crippen LogP) is 2.62. The molecule has 4 atom stereocenters. The van der Waals surface area contributed by atoms with Gasteiger partial charge >= 0.3 is 90.2 Å². The van der Waals surface area contributed by atoms with E-state index in [0.29, 0.717) is 0 Å². The number of fused-ring (bicyclic) bond motifs is 10. The van der Waals surface area contributed by atoms with E-state index in [1.807, 2.05) is 0 Å². The van der Waals surface area contributed by atoms with Crippen molar-refractivity contribution in [2.45, 2.75) is 47.8 Å². The number of hydrogen-bond acceptors (Lipinski definition) is 2. The topological polar surface area (TPSA) is 12.5 Å².